The molecule has 1 fully saturated rings. The minimum Gasteiger partial charge on any atom is -0.492 e. The predicted octanol–water partition coefficient (Wildman–Crippen LogP) is 1.17. The molecule has 1 saturated heterocycles. The fraction of sp³-hybridized carbons (Fsp3) is 0.400. The van der Waals surface area contributed by atoms with Crippen molar-refractivity contribution in [1.82, 2.24) is 4.90 Å². The van der Waals surface area contributed by atoms with Crippen LogP contribution in [0, 0.1) is 11.3 Å². The van der Waals surface area contributed by atoms with Crippen molar-refractivity contribution in [2.45, 2.75) is 13.3 Å². The lowest BCUT2D eigenvalue weighted by Gasteiger charge is -2.34. The first-order chi connectivity index (χ1) is 10.2. The van der Waals surface area contributed by atoms with E-state index in [2.05, 4.69) is 0 Å². The number of anilines is 1. The molecule has 2 rings (SSSR count). The molecule has 1 aromatic rings. The molecule has 1 aliphatic rings. The van der Waals surface area contributed by atoms with Crippen molar-refractivity contribution in [2.24, 2.45) is 0 Å². The third-order valence-corrected chi connectivity index (χ3v) is 3.21. The van der Waals surface area contributed by atoms with E-state index in [-0.39, 0.29) is 37.9 Å². The number of nitriles is 1. The lowest BCUT2D eigenvalue weighted by Crippen LogP contribution is -2.54. The first-order valence-corrected chi connectivity index (χ1v) is 6.84. The van der Waals surface area contributed by atoms with Crippen LogP contribution in [0.2, 0.25) is 0 Å². The lowest BCUT2D eigenvalue weighted by atomic mass is 10.2. The molecule has 0 N–H and O–H groups in total. The minimum atomic E-state index is -0.284. The van der Waals surface area contributed by atoms with Crippen molar-refractivity contribution in [2.75, 3.05) is 31.1 Å². The summed E-state index contributed by atoms with van der Waals surface area (Å²) in [5, 5.41) is 8.57. The van der Waals surface area contributed by atoms with E-state index in [1.54, 1.807) is 4.90 Å². The standard InChI is InChI=1S/C15H17N3O3/c1-2-21-13-7-4-3-6-12(13)17-10-14(19)18(9-5-8-16)15(20)11-17/h3-4,6-7H,2,5,9-11H2,1H3. The van der Waals surface area contributed by atoms with Gasteiger partial charge in [-0.3, -0.25) is 14.5 Å². The van der Waals surface area contributed by atoms with Crippen LogP contribution in [0.1, 0.15) is 13.3 Å². The summed E-state index contributed by atoms with van der Waals surface area (Å²) in [7, 11) is 0. The van der Waals surface area contributed by atoms with Gasteiger partial charge < -0.3 is 9.64 Å². The first-order valence-electron chi connectivity index (χ1n) is 6.84. The molecule has 0 unspecified atom stereocenters. The quantitative estimate of drug-likeness (QED) is 0.760. The van der Waals surface area contributed by atoms with Crippen molar-refractivity contribution in [3.63, 3.8) is 0 Å². The number of carbonyl (C=O) groups is 2. The molecule has 6 nitrogen and oxygen atoms in total. The van der Waals surface area contributed by atoms with Crippen LogP contribution in [0.15, 0.2) is 24.3 Å². The van der Waals surface area contributed by atoms with E-state index < -0.39 is 0 Å². The van der Waals surface area contributed by atoms with E-state index in [1.807, 2.05) is 37.3 Å². The zero-order chi connectivity index (χ0) is 15.2. The van der Waals surface area contributed by atoms with Crippen LogP contribution in [-0.2, 0) is 9.59 Å². The van der Waals surface area contributed by atoms with Gasteiger partial charge in [0.05, 0.1) is 37.9 Å². The van der Waals surface area contributed by atoms with Crippen LogP contribution in [0.3, 0.4) is 0 Å². The summed E-state index contributed by atoms with van der Waals surface area (Å²) < 4.78 is 5.53. The van der Waals surface area contributed by atoms with E-state index in [0.29, 0.717) is 12.4 Å². The molecule has 0 spiro atoms. The molecule has 1 aliphatic heterocycles. The second-order valence-electron chi connectivity index (χ2n) is 4.60. The molecule has 0 atom stereocenters. The molecule has 0 aromatic heterocycles. The summed E-state index contributed by atoms with van der Waals surface area (Å²) in [4.78, 5) is 27.0. The number of piperazine rings is 1. The number of benzene rings is 1. The van der Waals surface area contributed by atoms with Gasteiger partial charge in [-0.05, 0) is 19.1 Å². The number of rotatable bonds is 5. The highest BCUT2D eigenvalue weighted by atomic mass is 16.5. The van der Waals surface area contributed by atoms with Gasteiger partial charge in [-0.2, -0.15) is 5.26 Å². The van der Waals surface area contributed by atoms with Crippen molar-refractivity contribution in [1.29, 1.82) is 5.26 Å². The van der Waals surface area contributed by atoms with Crippen LogP contribution < -0.4 is 9.64 Å². The number of imide groups is 1. The Morgan fingerprint density at radius 3 is 2.52 bits per heavy atom. The van der Waals surface area contributed by atoms with Crippen LogP contribution in [0.4, 0.5) is 5.69 Å². The maximum atomic E-state index is 12.1. The second kappa shape index (κ2) is 6.75. The normalized spacial score (nSPS) is 15.0. The number of para-hydroxylation sites is 2. The molecular formula is C15H17N3O3. The Labute approximate surface area is 123 Å². The Hall–Kier alpha value is -2.55. The Bertz CT molecular complexity index is 562. The fourth-order valence-corrected chi connectivity index (χ4v) is 2.27. The lowest BCUT2D eigenvalue weighted by molar-refractivity contribution is -0.145. The average Bonchev–Trinajstić information content (AvgIpc) is 2.47. The molecule has 1 heterocycles. The van der Waals surface area contributed by atoms with Gasteiger partial charge in [0.2, 0.25) is 11.8 Å². The molecule has 0 radical (unpaired) electrons. The second-order valence-corrected chi connectivity index (χ2v) is 4.60. The van der Waals surface area contributed by atoms with E-state index in [0.717, 1.165) is 10.6 Å². The summed E-state index contributed by atoms with van der Waals surface area (Å²) in [6.07, 6.45) is 0.160. The fourth-order valence-electron chi connectivity index (χ4n) is 2.27. The minimum absolute atomic E-state index is 0.112. The zero-order valence-corrected chi connectivity index (χ0v) is 11.9. The summed E-state index contributed by atoms with van der Waals surface area (Å²) >= 11 is 0. The highest BCUT2D eigenvalue weighted by Crippen LogP contribution is 2.29. The number of hydrogen-bond acceptors (Lipinski definition) is 5. The highest BCUT2D eigenvalue weighted by Gasteiger charge is 2.31. The predicted molar refractivity (Wildman–Crippen MR) is 76.8 cm³/mol. The number of ether oxygens (including phenoxy) is 1. The molecule has 0 bridgehead atoms. The van der Waals surface area contributed by atoms with Crippen LogP contribution in [0.5, 0.6) is 5.75 Å². The summed E-state index contributed by atoms with van der Waals surface area (Å²) in [5.74, 6) is 0.0895. The number of amides is 2. The monoisotopic (exact) mass is 287 g/mol. The highest BCUT2D eigenvalue weighted by molar-refractivity contribution is 6.03. The molecule has 21 heavy (non-hydrogen) atoms. The van der Waals surface area contributed by atoms with E-state index in [4.69, 9.17) is 10.00 Å². The van der Waals surface area contributed by atoms with Gasteiger partial charge in [0.15, 0.2) is 0 Å². The Balaban J connectivity index is 2.16. The number of carbonyl (C=O) groups excluding carboxylic acids is 2. The van der Waals surface area contributed by atoms with Gasteiger partial charge in [-0.25, -0.2) is 0 Å². The summed E-state index contributed by atoms with van der Waals surface area (Å²) in [6.45, 7) is 2.78. The van der Waals surface area contributed by atoms with E-state index in [9.17, 15) is 9.59 Å². The SMILES string of the molecule is CCOc1ccccc1N1CC(=O)N(CCC#N)C(=O)C1. The Morgan fingerprint density at radius 2 is 1.90 bits per heavy atom. The van der Waals surface area contributed by atoms with Gasteiger partial charge in [-0.1, -0.05) is 12.1 Å². The van der Waals surface area contributed by atoms with Gasteiger partial charge >= 0.3 is 0 Å². The third-order valence-electron chi connectivity index (χ3n) is 3.21. The van der Waals surface area contributed by atoms with Crippen molar-refractivity contribution >= 4 is 17.5 Å². The van der Waals surface area contributed by atoms with Crippen LogP contribution in [-0.4, -0.2) is 43.0 Å². The Kier molecular flexibility index (Phi) is 4.77. The Morgan fingerprint density at radius 1 is 1.24 bits per heavy atom. The third kappa shape index (κ3) is 3.31. The van der Waals surface area contributed by atoms with Gasteiger partial charge in [0.25, 0.3) is 0 Å². The average molecular weight is 287 g/mol. The summed E-state index contributed by atoms with van der Waals surface area (Å²) in [5.41, 5.74) is 0.737. The van der Waals surface area contributed by atoms with Crippen molar-refractivity contribution < 1.29 is 14.3 Å². The van der Waals surface area contributed by atoms with Crippen molar-refractivity contribution in [3.05, 3.63) is 24.3 Å². The molecule has 110 valence electrons. The van der Waals surface area contributed by atoms with Crippen LogP contribution >= 0.6 is 0 Å². The van der Waals surface area contributed by atoms with Crippen molar-refractivity contribution in [3.8, 4) is 11.8 Å². The zero-order valence-electron chi connectivity index (χ0n) is 11.9. The molecule has 1 aromatic carbocycles. The van der Waals surface area contributed by atoms with Gasteiger partial charge in [0, 0.05) is 6.54 Å². The molecule has 0 aliphatic carbocycles. The molecule has 6 heteroatoms. The number of nitrogens with zero attached hydrogens (tertiary/aromatic N) is 3. The smallest absolute Gasteiger partial charge is 0.248 e. The van der Waals surface area contributed by atoms with Gasteiger partial charge in [0.1, 0.15) is 5.75 Å². The maximum Gasteiger partial charge on any atom is 0.248 e. The largest absolute Gasteiger partial charge is 0.492 e. The molecular weight excluding hydrogens is 270 g/mol. The van der Waals surface area contributed by atoms with E-state index >= 15 is 0 Å². The number of hydrogen-bond donors (Lipinski definition) is 0. The topological polar surface area (TPSA) is 73.6 Å². The van der Waals surface area contributed by atoms with Crippen LogP contribution in [0.25, 0.3) is 0 Å². The molecule has 2 amide bonds. The molecule has 0 saturated carbocycles. The maximum absolute atomic E-state index is 12.1. The first kappa shape index (κ1) is 14.9. The van der Waals surface area contributed by atoms with Gasteiger partial charge in [-0.15, -0.1) is 0 Å². The summed E-state index contributed by atoms with van der Waals surface area (Å²) in [6, 6.07) is 9.28. The van der Waals surface area contributed by atoms with E-state index in [1.165, 1.54) is 0 Å².